The van der Waals surface area contributed by atoms with Crippen molar-refractivity contribution < 1.29 is 9.32 Å². The molecule has 3 rings (SSSR count). The summed E-state index contributed by atoms with van der Waals surface area (Å²) < 4.78 is 5.07. The van der Waals surface area contributed by atoms with Crippen LogP contribution in [0.3, 0.4) is 0 Å². The fourth-order valence-corrected chi connectivity index (χ4v) is 2.29. The number of nitrogens with zero attached hydrogens (tertiary/aromatic N) is 2. The topological polar surface area (TPSA) is 68.0 Å². The summed E-state index contributed by atoms with van der Waals surface area (Å²) in [7, 11) is 0. The first-order chi connectivity index (χ1) is 10.3. The summed E-state index contributed by atoms with van der Waals surface area (Å²) in [6.45, 7) is 0. The smallest absolute Gasteiger partial charge is 0.250 e. The van der Waals surface area contributed by atoms with Crippen molar-refractivity contribution in [2.45, 2.75) is 0 Å². The van der Waals surface area contributed by atoms with Gasteiger partial charge in [-0.3, -0.25) is 15.1 Å². The number of rotatable bonds is 4. The predicted molar refractivity (Wildman–Crippen MR) is 81.7 cm³/mol. The van der Waals surface area contributed by atoms with Gasteiger partial charge < -0.3 is 4.52 Å². The standard InChI is InChI=1S/C15H11N3O2S/c19-14(7-6-11-4-3-9-21-11)17-15-10-13(18-20-15)12-5-1-2-8-16-12/h1-10H,(H,17,19). The van der Waals surface area contributed by atoms with Crippen molar-refractivity contribution in [3.63, 3.8) is 0 Å². The van der Waals surface area contributed by atoms with E-state index in [0.29, 0.717) is 11.4 Å². The lowest BCUT2D eigenvalue weighted by atomic mass is 10.3. The van der Waals surface area contributed by atoms with Crippen LogP contribution in [0.25, 0.3) is 17.5 Å². The summed E-state index contributed by atoms with van der Waals surface area (Å²) in [6, 6.07) is 11.0. The Morgan fingerprint density at radius 3 is 2.95 bits per heavy atom. The molecule has 0 radical (unpaired) electrons. The third-order valence-corrected chi connectivity index (χ3v) is 3.46. The summed E-state index contributed by atoms with van der Waals surface area (Å²) in [6.07, 6.45) is 4.87. The molecule has 3 heterocycles. The minimum atomic E-state index is -0.271. The molecule has 0 spiro atoms. The van der Waals surface area contributed by atoms with Crippen molar-refractivity contribution in [1.82, 2.24) is 10.1 Å². The quantitative estimate of drug-likeness (QED) is 0.749. The Bertz CT molecular complexity index is 748. The zero-order valence-corrected chi connectivity index (χ0v) is 11.7. The molecule has 3 aromatic heterocycles. The number of hydrogen-bond acceptors (Lipinski definition) is 5. The molecule has 21 heavy (non-hydrogen) atoms. The van der Waals surface area contributed by atoms with Crippen LogP contribution < -0.4 is 5.32 Å². The van der Waals surface area contributed by atoms with E-state index in [1.54, 1.807) is 29.7 Å². The molecule has 6 heteroatoms. The van der Waals surface area contributed by atoms with Crippen LogP contribution in [-0.2, 0) is 4.79 Å². The summed E-state index contributed by atoms with van der Waals surface area (Å²) in [5.74, 6) is 0.0172. The molecule has 5 nitrogen and oxygen atoms in total. The lowest BCUT2D eigenvalue weighted by Crippen LogP contribution is -2.06. The van der Waals surface area contributed by atoms with Gasteiger partial charge in [0.25, 0.3) is 5.91 Å². The van der Waals surface area contributed by atoms with Crippen molar-refractivity contribution in [1.29, 1.82) is 0 Å². The Labute approximate surface area is 124 Å². The van der Waals surface area contributed by atoms with E-state index in [1.807, 2.05) is 35.7 Å². The molecule has 0 aliphatic rings. The van der Waals surface area contributed by atoms with E-state index < -0.39 is 0 Å². The first-order valence-corrected chi connectivity index (χ1v) is 7.10. The third-order valence-electron chi connectivity index (χ3n) is 2.63. The molecule has 0 fully saturated rings. The second-order valence-electron chi connectivity index (χ2n) is 4.13. The van der Waals surface area contributed by atoms with Crippen molar-refractivity contribution in [3.8, 4) is 11.4 Å². The van der Waals surface area contributed by atoms with Crippen LogP contribution in [0.5, 0.6) is 0 Å². The van der Waals surface area contributed by atoms with E-state index in [0.717, 1.165) is 4.88 Å². The Morgan fingerprint density at radius 2 is 2.19 bits per heavy atom. The van der Waals surface area contributed by atoms with Gasteiger partial charge in [-0.15, -0.1) is 11.3 Å². The summed E-state index contributed by atoms with van der Waals surface area (Å²) in [4.78, 5) is 16.9. The van der Waals surface area contributed by atoms with Gasteiger partial charge in [0.05, 0.1) is 5.69 Å². The number of pyridine rings is 1. The predicted octanol–water partition coefficient (Wildman–Crippen LogP) is 3.45. The highest BCUT2D eigenvalue weighted by Gasteiger charge is 2.08. The van der Waals surface area contributed by atoms with E-state index in [4.69, 9.17) is 4.52 Å². The average molecular weight is 297 g/mol. The van der Waals surface area contributed by atoms with Crippen molar-refractivity contribution in [2.24, 2.45) is 0 Å². The maximum Gasteiger partial charge on any atom is 0.250 e. The van der Waals surface area contributed by atoms with Gasteiger partial charge in [-0.1, -0.05) is 17.3 Å². The number of carbonyl (C=O) groups excluding carboxylic acids is 1. The van der Waals surface area contributed by atoms with Gasteiger partial charge >= 0.3 is 0 Å². The summed E-state index contributed by atoms with van der Waals surface area (Å²) >= 11 is 1.56. The molecule has 0 aromatic carbocycles. The van der Waals surface area contributed by atoms with Crippen LogP contribution in [0.15, 0.2) is 58.6 Å². The maximum absolute atomic E-state index is 11.8. The maximum atomic E-state index is 11.8. The van der Waals surface area contributed by atoms with Gasteiger partial charge in [0.15, 0.2) is 0 Å². The molecule has 3 aromatic rings. The SMILES string of the molecule is O=C(C=Cc1cccs1)Nc1cc(-c2ccccn2)no1. The first kappa shape index (κ1) is 13.3. The minimum Gasteiger partial charge on any atom is -0.338 e. The van der Waals surface area contributed by atoms with Crippen molar-refractivity contribution >= 4 is 29.2 Å². The molecule has 0 unspecified atom stereocenters. The first-order valence-electron chi connectivity index (χ1n) is 6.22. The fraction of sp³-hybridized carbons (Fsp3) is 0. The average Bonchev–Trinajstić information content (AvgIpc) is 3.17. The number of carbonyl (C=O) groups is 1. The monoisotopic (exact) mass is 297 g/mol. The van der Waals surface area contributed by atoms with E-state index in [-0.39, 0.29) is 11.8 Å². The largest absolute Gasteiger partial charge is 0.338 e. The molecule has 0 atom stereocenters. The van der Waals surface area contributed by atoms with Crippen LogP contribution in [0.2, 0.25) is 0 Å². The molecule has 0 saturated carbocycles. The Kier molecular flexibility index (Phi) is 3.88. The fourth-order valence-electron chi connectivity index (χ4n) is 1.68. The number of aromatic nitrogens is 2. The number of nitrogens with one attached hydrogen (secondary N) is 1. The Hall–Kier alpha value is -2.73. The molecule has 0 aliphatic carbocycles. The highest BCUT2D eigenvalue weighted by atomic mass is 32.1. The zero-order valence-electron chi connectivity index (χ0n) is 10.9. The lowest BCUT2D eigenvalue weighted by molar-refractivity contribution is -0.112. The molecule has 0 saturated heterocycles. The highest BCUT2D eigenvalue weighted by molar-refractivity contribution is 7.10. The van der Waals surface area contributed by atoms with E-state index in [2.05, 4.69) is 15.5 Å². The van der Waals surface area contributed by atoms with Gasteiger partial charge in [-0.05, 0) is 29.7 Å². The van der Waals surface area contributed by atoms with E-state index >= 15 is 0 Å². The number of amides is 1. The van der Waals surface area contributed by atoms with Crippen LogP contribution in [-0.4, -0.2) is 16.0 Å². The van der Waals surface area contributed by atoms with Crippen molar-refractivity contribution in [3.05, 3.63) is 58.9 Å². The highest BCUT2D eigenvalue weighted by Crippen LogP contribution is 2.19. The van der Waals surface area contributed by atoms with E-state index in [9.17, 15) is 4.79 Å². The molecule has 1 N–H and O–H groups in total. The molecule has 0 aliphatic heterocycles. The molecule has 104 valence electrons. The number of hydrogen-bond donors (Lipinski definition) is 1. The third kappa shape index (κ3) is 3.43. The van der Waals surface area contributed by atoms with Crippen molar-refractivity contribution in [2.75, 3.05) is 5.32 Å². The second-order valence-corrected chi connectivity index (χ2v) is 5.11. The van der Waals surface area contributed by atoms with Gasteiger partial charge in [0, 0.05) is 23.2 Å². The van der Waals surface area contributed by atoms with Gasteiger partial charge in [-0.2, -0.15) is 0 Å². The van der Waals surface area contributed by atoms with E-state index in [1.165, 1.54) is 6.08 Å². The van der Waals surface area contributed by atoms with Crippen LogP contribution >= 0.6 is 11.3 Å². The summed E-state index contributed by atoms with van der Waals surface area (Å²) in [5.41, 5.74) is 1.27. The normalized spacial score (nSPS) is 10.9. The van der Waals surface area contributed by atoms with Gasteiger partial charge in [0.2, 0.25) is 5.88 Å². The Morgan fingerprint density at radius 1 is 1.24 bits per heavy atom. The van der Waals surface area contributed by atoms with Gasteiger partial charge in [-0.25, -0.2) is 0 Å². The minimum absolute atomic E-state index is 0.271. The van der Waals surface area contributed by atoms with Gasteiger partial charge in [0.1, 0.15) is 5.69 Å². The zero-order chi connectivity index (χ0) is 14.5. The van der Waals surface area contributed by atoms with Crippen LogP contribution in [0.4, 0.5) is 5.88 Å². The summed E-state index contributed by atoms with van der Waals surface area (Å²) in [5, 5.41) is 8.44. The Balaban J connectivity index is 1.66. The molecule has 1 amide bonds. The molecular formula is C15H11N3O2S. The van der Waals surface area contributed by atoms with Crippen LogP contribution in [0, 0.1) is 0 Å². The number of thiophene rings is 1. The number of anilines is 1. The second kappa shape index (κ2) is 6.15. The van der Waals surface area contributed by atoms with Crippen LogP contribution in [0.1, 0.15) is 4.88 Å². The molecule has 0 bridgehead atoms. The lowest BCUT2D eigenvalue weighted by Gasteiger charge is -1.93. The molecular weight excluding hydrogens is 286 g/mol.